The molecule has 0 aliphatic heterocycles. The number of benzene rings is 1. The number of nitrogens with two attached hydrogens (primary N) is 1. The summed E-state index contributed by atoms with van der Waals surface area (Å²) >= 11 is 3.39. The van der Waals surface area contributed by atoms with Crippen molar-refractivity contribution in [1.29, 1.82) is 0 Å². The van der Waals surface area contributed by atoms with Crippen LogP contribution in [-0.2, 0) is 11.2 Å². The van der Waals surface area contributed by atoms with Gasteiger partial charge in [-0.2, -0.15) is 0 Å². The van der Waals surface area contributed by atoms with Crippen molar-refractivity contribution in [3.8, 4) is 0 Å². The Labute approximate surface area is 111 Å². The second-order valence-electron chi connectivity index (χ2n) is 4.44. The van der Waals surface area contributed by atoms with E-state index < -0.39 is 6.04 Å². The minimum atomic E-state index is -0.417. The zero-order chi connectivity index (χ0) is 12.8. The average Bonchev–Trinajstić information content (AvgIpc) is 2.30. The monoisotopic (exact) mass is 298 g/mol. The summed E-state index contributed by atoms with van der Waals surface area (Å²) in [6, 6.07) is 7.66. The van der Waals surface area contributed by atoms with Crippen LogP contribution in [0, 0.1) is 5.92 Å². The van der Waals surface area contributed by atoms with Crippen molar-refractivity contribution >= 4 is 21.8 Å². The van der Waals surface area contributed by atoms with Crippen LogP contribution in [0.2, 0.25) is 0 Å². The van der Waals surface area contributed by atoms with E-state index in [1.807, 2.05) is 38.1 Å². The molecule has 0 unspecified atom stereocenters. The second-order valence-corrected chi connectivity index (χ2v) is 5.35. The molecule has 1 aromatic carbocycles. The molecule has 1 aromatic rings. The van der Waals surface area contributed by atoms with Crippen LogP contribution in [-0.4, -0.2) is 18.5 Å². The Morgan fingerprint density at radius 3 is 2.47 bits per heavy atom. The zero-order valence-corrected chi connectivity index (χ0v) is 11.8. The molecule has 17 heavy (non-hydrogen) atoms. The van der Waals surface area contributed by atoms with Gasteiger partial charge in [-0.25, -0.2) is 0 Å². The Balaban J connectivity index is 2.33. The van der Waals surface area contributed by atoms with Crippen LogP contribution < -0.4 is 11.1 Å². The lowest BCUT2D eigenvalue weighted by Crippen LogP contribution is -2.44. The van der Waals surface area contributed by atoms with Gasteiger partial charge in [-0.3, -0.25) is 4.79 Å². The van der Waals surface area contributed by atoms with Crippen molar-refractivity contribution in [2.45, 2.75) is 26.3 Å². The van der Waals surface area contributed by atoms with Crippen LogP contribution in [0.5, 0.6) is 0 Å². The van der Waals surface area contributed by atoms with E-state index in [-0.39, 0.29) is 11.8 Å². The number of halogens is 1. The molecule has 3 N–H and O–H groups in total. The van der Waals surface area contributed by atoms with Crippen molar-refractivity contribution < 1.29 is 4.79 Å². The van der Waals surface area contributed by atoms with Crippen molar-refractivity contribution in [3.05, 3.63) is 34.3 Å². The average molecular weight is 299 g/mol. The van der Waals surface area contributed by atoms with Gasteiger partial charge < -0.3 is 11.1 Å². The third kappa shape index (κ3) is 4.88. The van der Waals surface area contributed by atoms with E-state index in [0.717, 1.165) is 10.9 Å². The summed E-state index contributed by atoms with van der Waals surface area (Å²) in [7, 11) is 0. The van der Waals surface area contributed by atoms with Crippen molar-refractivity contribution in [2.24, 2.45) is 11.7 Å². The first-order valence-electron chi connectivity index (χ1n) is 5.78. The number of carbonyl (C=O) groups is 1. The largest absolute Gasteiger partial charge is 0.354 e. The fraction of sp³-hybridized carbons (Fsp3) is 0.462. The molecule has 1 rings (SSSR count). The van der Waals surface area contributed by atoms with Gasteiger partial charge >= 0.3 is 0 Å². The minimum absolute atomic E-state index is 0.0721. The molecule has 0 heterocycles. The molecule has 0 aliphatic rings. The lowest BCUT2D eigenvalue weighted by atomic mass is 10.0. The molecule has 0 bridgehead atoms. The lowest BCUT2D eigenvalue weighted by Gasteiger charge is -2.15. The van der Waals surface area contributed by atoms with Gasteiger partial charge in [-0.1, -0.05) is 41.9 Å². The summed E-state index contributed by atoms with van der Waals surface area (Å²) in [4.78, 5) is 11.6. The van der Waals surface area contributed by atoms with Gasteiger partial charge in [0.2, 0.25) is 5.91 Å². The molecule has 0 fully saturated rings. The Morgan fingerprint density at radius 1 is 1.35 bits per heavy atom. The molecule has 0 radical (unpaired) electrons. The van der Waals surface area contributed by atoms with Crippen LogP contribution >= 0.6 is 15.9 Å². The second kappa shape index (κ2) is 6.77. The first kappa shape index (κ1) is 14.2. The number of nitrogens with one attached hydrogen (secondary N) is 1. The number of amides is 1. The lowest BCUT2D eigenvalue weighted by molar-refractivity contribution is -0.123. The van der Waals surface area contributed by atoms with E-state index in [4.69, 9.17) is 5.73 Å². The smallest absolute Gasteiger partial charge is 0.237 e. The quantitative estimate of drug-likeness (QED) is 0.874. The van der Waals surface area contributed by atoms with Gasteiger partial charge in [-0.15, -0.1) is 0 Å². The van der Waals surface area contributed by atoms with Crippen LogP contribution in [0.3, 0.4) is 0 Å². The first-order chi connectivity index (χ1) is 8.00. The highest BCUT2D eigenvalue weighted by Gasteiger charge is 2.16. The summed E-state index contributed by atoms with van der Waals surface area (Å²) in [6.45, 7) is 4.51. The molecule has 1 atom stereocenters. The predicted octanol–water partition coefficient (Wildman–Crippen LogP) is 2.09. The number of carbonyl (C=O) groups excluding carboxylic acids is 1. The minimum Gasteiger partial charge on any atom is -0.354 e. The summed E-state index contributed by atoms with van der Waals surface area (Å²) < 4.78 is 1.06. The molecule has 0 saturated heterocycles. The molecule has 94 valence electrons. The van der Waals surface area contributed by atoms with E-state index in [2.05, 4.69) is 21.2 Å². The highest BCUT2D eigenvalue weighted by molar-refractivity contribution is 9.10. The van der Waals surface area contributed by atoms with Crippen molar-refractivity contribution in [2.75, 3.05) is 6.54 Å². The van der Waals surface area contributed by atoms with Gasteiger partial charge in [0.05, 0.1) is 6.04 Å². The van der Waals surface area contributed by atoms with Crippen LogP contribution in [0.25, 0.3) is 0 Å². The van der Waals surface area contributed by atoms with Crippen LogP contribution in [0.1, 0.15) is 19.4 Å². The Bertz CT molecular complexity index is 362. The van der Waals surface area contributed by atoms with E-state index in [1.54, 1.807) is 0 Å². The van der Waals surface area contributed by atoms with Gasteiger partial charge in [-0.05, 0) is 30.0 Å². The number of hydrogen-bond donors (Lipinski definition) is 2. The number of rotatable bonds is 5. The van der Waals surface area contributed by atoms with E-state index in [9.17, 15) is 4.79 Å². The molecular formula is C13H19BrN2O. The molecule has 3 nitrogen and oxygen atoms in total. The first-order valence-corrected chi connectivity index (χ1v) is 6.57. The summed E-state index contributed by atoms with van der Waals surface area (Å²) in [5, 5.41) is 2.85. The fourth-order valence-corrected chi connectivity index (χ4v) is 1.67. The van der Waals surface area contributed by atoms with Crippen LogP contribution in [0.4, 0.5) is 0 Å². The zero-order valence-electron chi connectivity index (χ0n) is 10.2. The third-order valence-corrected chi connectivity index (χ3v) is 3.18. The summed E-state index contributed by atoms with van der Waals surface area (Å²) in [5.41, 5.74) is 6.94. The molecule has 4 heteroatoms. The van der Waals surface area contributed by atoms with Gasteiger partial charge in [0.1, 0.15) is 0 Å². The highest BCUT2D eigenvalue weighted by Crippen LogP contribution is 2.10. The Hall–Kier alpha value is -0.870. The van der Waals surface area contributed by atoms with Gasteiger partial charge in [0.15, 0.2) is 0 Å². The van der Waals surface area contributed by atoms with Crippen molar-refractivity contribution in [1.82, 2.24) is 5.32 Å². The van der Waals surface area contributed by atoms with Crippen molar-refractivity contribution in [3.63, 3.8) is 0 Å². The molecule has 0 spiro atoms. The SMILES string of the molecule is CC(C)[C@H](N)C(=O)NCCc1ccc(Br)cc1. The van der Waals surface area contributed by atoms with Gasteiger partial charge in [0.25, 0.3) is 0 Å². The fourth-order valence-electron chi connectivity index (χ4n) is 1.40. The molecule has 1 amide bonds. The normalized spacial score (nSPS) is 12.5. The highest BCUT2D eigenvalue weighted by atomic mass is 79.9. The topological polar surface area (TPSA) is 55.1 Å². The molecular weight excluding hydrogens is 280 g/mol. The molecule has 0 aromatic heterocycles. The number of hydrogen-bond acceptors (Lipinski definition) is 2. The standard InChI is InChI=1S/C13H19BrN2O/c1-9(2)12(15)13(17)16-8-7-10-3-5-11(14)6-4-10/h3-6,9,12H,7-8,15H2,1-2H3,(H,16,17)/t12-/m0/s1. The Morgan fingerprint density at radius 2 is 1.94 bits per heavy atom. The third-order valence-electron chi connectivity index (χ3n) is 2.65. The molecule has 0 aliphatic carbocycles. The maximum absolute atomic E-state index is 11.6. The van der Waals surface area contributed by atoms with E-state index >= 15 is 0 Å². The Kier molecular flexibility index (Phi) is 5.65. The predicted molar refractivity (Wildman–Crippen MR) is 73.7 cm³/mol. The van der Waals surface area contributed by atoms with E-state index in [1.165, 1.54) is 5.56 Å². The maximum atomic E-state index is 11.6. The molecule has 0 saturated carbocycles. The van der Waals surface area contributed by atoms with E-state index in [0.29, 0.717) is 6.54 Å². The van der Waals surface area contributed by atoms with Crippen LogP contribution in [0.15, 0.2) is 28.7 Å². The van der Waals surface area contributed by atoms with Gasteiger partial charge in [0, 0.05) is 11.0 Å². The summed E-state index contributed by atoms with van der Waals surface area (Å²) in [6.07, 6.45) is 0.823. The summed E-state index contributed by atoms with van der Waals surface area (Å²) in [5.74, 6) is 0.0970. The maximum Gasteiger partial charge on any atom is 0.237 e.